The minimum absolute atomic E-state index is 0.0700. The van der Waals surface area contributed by atoms with Gasteiger partial charge in [0.05, 0.1) is 25.7 Å². The first kappa shape index (κ1) is 15.1. The predicted octanol–water partition coefficient (Wildman–Crippen LogP) is 2.63. The van der Waals surface area contributed by atoms with Crippen LogP contribution >= 0.6 is 0 Å². The Labute approximate surface area is 124 Å². The van der Waals surface area contributed by atoms with Crippen molar-refractivity contribution in [2.75, 3.05) is 20.8 Å². The van der Waals surface area contributed by atoms with Gasteiger partial charge in [-0.05, 0) is 23.8 Å². The molecule has 0 saturated carbocycles. The van der Waals surface area contributed by atoms with Crippen LogP contribution in [0.2, 0.25) is 0 Å². The third kappa shape index (κ3) is 3.23. The van der Waals surface area contributed by atoms with Gasteiger partial charge in [0, 0.05) is 6.54 Å². The average molecular weight is 285 g/mol. The van der Waals surface area contributed by atoms with Crippen molar-refractivity contribution in [2.45, 2.75) is 5.92 Å². The second-order valence-electron chi connectivity index (χ2n) is 4.63. The Kier molecular flexibility index (Phi) is 4.95. The van der Waals surface area contributed by atoms with E-state index in [2.05, 4.69) is 0 Å². The van der Waals surface area contributed by atoms with Crippen molar-refractivity contribution in [1.82, 2.24) is 0 Å². The van der Waals surface area contributed by atoms with Gasteiger partial charge in [0.2, 0.25) is 0 Å². The highest BCUT2D eigenvalue weighted by Crippen LogP contribution is 2.29. The van der Waals surface area contributed by atoms with Gasteiger partial charge in [-0.15, -0.1) is 0 Å². The van der Waals surface area contributed by atoms with Crippen molar-refractivity contribution < 1.29 is 14.3 Å². The summed E-state index contributed by atoms with van der Waals surface area (Å²) in [5, 5.41) is 0. The van der Waals surface area contributed by atoms with E-state index >= 15 is 0 Å². The summed E-state index contributed by atoms with van der Waals surface area (Å²) in [7, 11) is 3.10. The highest BCUT2D eigenvalue weighted by Gasteiger charge is 2.23. The summed E-state index contributed by atoms with van der Waals surface area (Å²) >= 11 is 0. The van der Waals surface area contributed by atoms with Crippen LogP contribution in [0.5, 0.6) is 11.5 Å². The molecule has 0 heterocycles. The highest BCUT2D eigenvalue weighted by atomic mass is 16.5. The maximum Gasteiger partial charge on any atom is 0.175 e. The fraction of sp³-hybridized carbons (Fsp3) is 0.235. The fourth-order valence-electron chi connectivity index (χ4n) is 2.27. The molecule has 110 valence electrons. The SMILES string of the molecule is COc1ccc(OC)c(C(=O)C(CN)c2ccccc2)c1. The second kappa shape index (κ2) is 6.90. The lowest BCUT2D eigenvalue weighted by molar-refractivity contribution is 0.0959. The van der Waals surface area contributed by atoms with Crippen LogP contribution in [0.1, 0.15) is 21.8 Å². The first-order valence-electron chi connectivity index (χ1n) is 6.72. The molecule has 0 amide bonds. The second-order valence-corrected chi connectivity index (χ2v) is 4.63. The number of hydrogen-bond acceptors (Lipinski definition) is 4. The van der Waals surface area contributed by atoms with E-state index in [1.54, 1.807) is 32.4 Å². The van der Waals surface area contributed by atoms with Gasteiger partial charge in [0.15, 0.2) is 5.78 Å². The number of hydrogen-bond donors (Lipinski definition) is 1. The summed E-state index contributed by atoms with van der Waals surface area (Å²) in [5.74, 6) is 0.671. The average Bonchev–Trinajstić information content (AvgIpc) is 2.55. The fourth-order valence-corrected chi connectivity index (χ4v) is 2.27. The molecule has 2 aromatic rings. The molecule has 1 unspecified atom stereocenters. The van der Waals surface area contributed by atoms with Gasteiger partial charge in [0.25, 0.3) is 0 Å². The standard InChI is InChI=1S/C17H19NO3/c1-20-13-8-9-16(21-2)14(10-13)17(19)15(11-18)12-6-4-3-5-7-12/h3-10,15H,11,18H2,1-2H3. The Balaban J connectivity index is 2.42. The number of carbonyl (C=O) groups excluding carboxylic acids is 1. The largest absolute Gasteiger partial charge is 0.497 e. The number of ketones is 1. The summed E-state index contributed by atoms with van der Waals surface area (Å²) in [6.07, 6.45) is 0. The van der Waals surface area contributed by atoms with E-state index in [1.807, 2.05) is 30.3 Å². The van der Waals surface area contributed by atoms with Crippen LogP contribution in [0, 0.1) is 0 Å². The number of nitrogens with two attached hydrogens (primary N) is 1. The number of rotatable bonds is 6. The van der Waals surface area contributed by atoms with Crippen LogP contribution in [0.15, 0.2) is 48.5 Å². The minimum Gasteiger partial charge on any atom is -0.497 e. The Morgan fingerprint density at radius 3 is 2.38 bits per heavy atom. The zero-order chi connectivity index (χ0) is 15.2. The normalized spacial score (nSPS) is 11.8. The van der Waals surface area contributed by atoms with E-state index in [9.17, 15) is 4.79 Å². The summed E-state index contributed by atoms with van der Waals surface area (Å²) < 4.78 is 10.5. The number of Topliss-reactive ketones (excluding diaryl/α,β-unsaturated/α-hetero) is 1. The molecular weight excluding hydrogens is 266 g/mol. The number of ether oxygens (including phenoxy) is 2. The van der Waals surface area contributed by atoms with Crippen molar-refractivity contribution in [3.63, 3.8) is 0 Å². The maximum atomic E-state index is 12.8. The molecule has 0 aromatic heterocycles. The molecule has 2 N–H and O–H groups in total. The predicted molar refractivity (Wildman–Crippen MR) is 82.1 cm³/mol. The van der Waals surface area contributed by atoms with Gasteiger partial charge in [-0.3, -0.25) is 4.79 Å². The summed E-state index contributed by atoms with van der Waals surface area (Å²) in [5.41, 5.74) is 7.19. The minimum atomic E-state index is -0.396. The van der Waals surface area contributed by atoms with E-state index in [-0.39, 0.29) is 12.3 Å². The third-order valence-corrected chi connectivity index (χ3v) is 3.43. The summed E-state index contributed by atoms with van der Waals surface area (Å²) in [4.78, 5) is 12.8. The molecule has 2 aromatic carbocycles. The van der Waals surface area contributed by atoms with E-state index in [0.717, 1.165) is 5.56 Å². The molecule has 0 spiro atoms. The number of benzene rings is 2. The zero-order valence-corrected chi connectivity index (χ0v) is 12.2. The van der Waals surface area contributed by atoms with Crippen LogP contribution in [-0.4, -0.2) is 26.5 Å². The van der Waals surface area contributed by atoms with E-state index in [4.69, 9.17) is 15.2 Å². The molecular formula is C17H19NO3. The molecule has 0 radical (unpaired) electrons. The quantitative estimate of drug-likeness (QED) is 0.829. The molecule has 0 saturated heterocycles. The lowest BCUT2D eigenvalue weighted by Gasteiger charge is -2.16. The van der Waals surface area contributed by atoms with Crippen LogP contribution in [0.3, 0.4) is 0 Å². The summed E-state index contributed by atoms with van der Waals surface area (Å²) in [6, 6.07) is 14.7. The van der Waals surface area contributed by atoms with Gasteiger partial charge in [-0.25, -0.2) is 0 Å². The van der Waals surface area contributed by atoms with Crippen molar-refractivity contribution in [3.8, 4) is 11.5 Å². The first-order valence-corrected chi connectivity index (χ1v) is 6.72. The molecule has 21 heavy (non-hydrogen) atoms. The van der Waals surface area contributed by atoms with Gasteiger partial charge < -0.3 is 15.2 Å². The van der Waals surface area contributed by atoms with E-state index < -0.39 is 5.92 Å². The van der Waals surface area contributed by atoms with Crippen LogP contribution in [-0.2, 0) is 0 Å². The van der Waals surface area contributed by atoms with E-state index in [1.165, 1.54) is 0 Å². The highest BCUT2D eigenvalue weighted by molar-refractivity contribution is 6.03. The summed E-state index contributed by atoms with van der Waals surface area (Å²) in [6.45, 7) is 0.239. The van der Waals surface area contributed by atoms with E-state index in [0.29, 0.717) is 17.1 Å². The van der Waals surface area contributed by atoms with Crippen molar-refractivity contribution in [3.05, 3.63) is 59.7 Å². The molecule has 4 nitrogen and oxygen atoms in total. The Morgan fingerprint density at radius 2 is 1.81 bits per heavy atom. The van der Waals surface area contributed by atoms with Crippen LogP contribution in [0.25, 0.3) is 0 Å². The smallest absolute Gasteiger partial charge is 0.175 e. The third-order valence-electron chi connectivity index (χ3n) is 3.43. The van der Waals surface area contributed by atoms with Crippen LogP contribution in [0.4, 0.5) is 0 Å². The molecule has 0 bridgehead atoms. The monoisotopic (exact) mass is 285 g/mol. The Bertz CT molecular complexity index is 611. The molecule has 0 aliphatic rings. The van der Waals surface area contributed by atoms with Crippen LogP contribution < -0.4 is 15.2 Å². The Hall–Kier alpha value is -2.33. The number of methoxy groups -OCH3 is 2. The van der Waals surface area contributed by atoms with Crippen molar-refractivity contribution >= 4 is 5.78 Å². The molecule has 1 atom stereocenters. The zero-order valence-electron chi connectivity index (χ0n) is 12.2. The lowest BCUT2D eigenvalue weighted by Crippen LogP contribution is -2.22. The molecule has 0 aliphatic heterocycles. The van der Waals surface area contributed by atoms with Crippen molar-refractivity contribution in [1.29, 1.82) is 0 Å². The van der Waals surface area contributed by atoms with Gasteiger partial charge >= 0.3 is 0 Å². The Morgan fingerprint density at radius 1 is 1.10 bits per heavy atom. The molecule has 0 fully saturated rings. The molecule has 2 rings (SSSR count). The van der Waals surface area contributed by atoms with Gasteiger partial charge in [0.1, 0.15) is 11.5 Å². The lowest BCUT2D eigenvalue weighted by atomic mass is 9.90. The topological polar surface area (TPSA) is 61.5 Å². The maximum absolute atomic E-state index is 12.8. The number of carbonyl (C=O) groups is 1. The van der Waals surface area contributed by atoms with Gasteiger partial charge in [-0.2, -0.15) is 0 Å². The molecule has 4 heteroatoms. The first-order chi connectivity index (χ1) is 10.2. The molecule has 0 aliphatic carbocycles. The van der Waals surface area contributed by atoms with Gasteiger partial charge in [-0.1, -0.05) is 30.3 Å². The van der Waals surface area contributed by atoms with Crippen molar-refractivity contribution in [2.24, 2.45) is 5.73 Å².